The summed E-state index contributed by atoms with van der Waals surface area (Å²) in [4.78, 5) is 26.4. The molecular weight excluding hydrogens is 512 g/mol. The van der Waals surface area contributed by atoms with Crippen LogP contribution < -0.4 is 4.90 Å². The van der Waals surface area contributed by atoms with Gasteiger partial charge in [-0.3, -0.25) is 4.79 Å². The van der Waals surface area contributed by atoms with Crippen molar-refractivity contribution in [3.8, 4) is 11.3 Å². The zero-order chi connectivity index (χ0) is 26.4. The second kappa shape index (κ2) is 12.0. The van der Waals surface area contributed by atoms with Gasteiger partial charge in [0.1, 0.15) is 11.4 Å². The van der Waals surface area contributed by atoms with E-state index in [9.17, 15) is 9.59 Å². The first-order valence-corrected chi connectivity index (χ1v) is 12.9. The van der Waals surface area contributed by atoms with Crippen LogP contribution in [0.2, 0.25) is 5.02 Å². The zero-order valence-electron chi connectivity index (χ0n) is 20.3. The molecule has 4 aromatic rings. The normalized spacial score (nSPS) is 10.8. The molecular formula is C28H25ClN2O5S. The number of carbonyl (C=O) groups is 2. The summed E-state index contributed by atoms with van der Waals surface area (Å²) in [5.74, 6) is 0.273. The smallest absolute Gasteiger partial charge is 0.419 e. The molecule has 0 unspecified atom stereocenters. The van der Waals surface area contributed by atoms with E-state index in [0.29, 0.717) is 33.6 Å². The Labute approximate surface area is 224 Å². The van der Waals surface area contributed by atoms with Crippen LogP contribution in [-0.4, -0.2) is 28.9 Å². The predicted molar refractivity (Wildman–Crippen MR) is 145 cm³/mol. The van der Waals surface area contributed by atoms with Crippen LogP contribution in [0.15, 0.2) is 82.2 Å². The largest absolute Gasteiger partial charge is 0.481 e. The van der Waals surface area contributed by atoms with Crippen molar-refractivity contribution in [2.75, 3.05) is 11.5 Å². The minimum absolute atomic E-state index is 0.000953. The highest BCUT2D eigenvalue weighted by atomic mass is 35.5. The lowest BCUT2D eigenvalue weighted by atomic mass is 10.1. The van der Waals surface area contributed by atoms with Crippen LogP contribution in [0.25, 0.3) is 11.3 Å². The summed E-state index contributed by atoms with van der Waals surface area (Å²) in [6.07, 6.45) is -0.583. The highest BCUT2D eigenvalue weighted by Crippen LogP contribution is 2.41. The predicted octanol–water partition coefficient (Wildman–Crippen LogP) is 7.52. The topological polar surface area (TPSA) is 92.9 Å². The summed E-state index contributed by atoms with van der Waals surface area (Å²) >= 11 is 8.06. The highest BCUT2D eigenvalue weighted by Gasteiger charge is 2.29. The molecule has 1 N–H and O–H groups in total. The Bertz CT molecular complexity index is 1400. The zero-order valence-corrected chi connectivity index (χ0v) is 21.9. The fourth-order valence-corrected chi connectivity index (χ4v) is 4.94. The van der Waals surface area contributed by atoms with Crippen LogP contribution in [0.1, 0.15) is 23.7 Å². The van der Waals surface area contributed by atoms with Crippen molar-refractivity contribution >= 4 is 46.8 Å². The number of rotatable bonds is 9. The lowest BCUT2D eigenvalue weighted by molar-refractivity contribution is -0.136. The lowest BCUT2D eigenvalue weighted by Gasteiger charge is -2.23. The molecule has 0 fully saturated rings. The summed E-state index contributed by atoms with van der Waals surface area (Å²) in [5, 5.41) is 13.5. The number of halogens is 1. The van der Waals surface area contributed by atoms with Gasteiger partial charge in [0.05, 0.1) is 23.7 Å². The Morgan fingerprint density at radius 3 is 2.51 bits per heavy atom. The number of carboxylic acid groups (broad SMARTS) is 1. The maximum absolute atomic E-state index is 13.0. The van der Waals surface area contributed by atoms with E-state index in [1.807, 2.05) is 48.5 Å². The lowest BCUT2D eigenvalue weighted by Crippen LogP contribution is -2.27. The molecule has 1 heterocycles. The second-order valence-corrected chi connectivity index (χ2v) is 9.59. The van der Waals surface area contributed by atoms with Crippen LogP contribution in [0.4, 0.5) is 16.2 Å². The third-order valence-corrected chi connectivity index (χ3v) is 6.86. The number of aromatic nitrogens is 1. The van der Waals surface area contributed by atoms with Crippen molar-refractivity contribution in [2.24, 2.45) is 0 Å². The van der Waals surface area contributed by atoms with Crippen LogP contribution >= 0.6 is 23.4 Å². The van der Waals surface area contributed by atoms with Crippen molar-refractivity contribution in [1.29, 1.82) is 0 Å². The number of aliphatic carboxylic acids is 1. The Balaban J connectivity index is 1.59. The number of ether oxygens (including phenoxy) is 1. The molecule has 37 heavy (non-hydrogen) atoms. The molecule has 7 nitrogen and oxygen atoms in total. The number of anilines is 2. The molecule has 0 atom stereocenters. The van der Waals surface area contributed by atoms with Gasteiger partial charge in [-0.25, -0.2) is 9.69 Å². The van der Waals surface area contributed by atoms with Gasteiger partial charge in [0.2, 0.25) is 0 Å². The number of carbonyl (C=O) groups excluding carboxylic acids is 1. The van der Waals surface area contributed by atoms with Crippen LogP contribution in [0.5, 0.6) is 0 Å². The first-order valence-electron chi connectivity index (χ1n) is 11.6. The number of thioether (sulfide) groups is 1. The van der Waals surface area contributed by atoms with Crippen LogP contribution in [0.3, 0.4) is 0 Å². The summed E-state index contributed by atoms with van der Waals surface area (Å²) in [6, 6.07) is 22.4. The summed E-state index contributed by atoms with van der Waals surface area (Å²) in [5.41, 5.74) is 4.03. The number of hydrogen-bond acceptors (Lipinski definition) is 6. The van der Waals surface area contributed by atoms with Crippen molar-refractivity contribution in [2.45, 2.75) is 30.9 Å². The average molecular weight is 537 g/mol. The number of nitrogens with zero attached hydrogens (tertiary/aromatic N) is 2. The summed E-state index contributed by atoms with van der Waals surface area (Å²) < 4.78 is 11.0. The first kappa shape index (κ1) is 26.3. The summed E-state index contributed by atoms with van der Waals surface area (Å²) in [6.45, 7) is 3.70. The van der Waals surface area contributed by atoms with Crippen LogP contribution in [0, 0.1) is 6.92 Å². The first-order chi connectivity index (χ1) is 17.9. The van der Waals surface area contributed by atoms with Crippen molar-refractivity contribution in [1.82, 2.24) is 5.16 Å². The third kappa shape index (κ3) is 6.34. The van der Waals surface area contributed by atoms with Gasteiger partial charge in [-0.15, -0.1) is 11.8 Å². The minimum atomic E-state index is -0.851. The van der Waals surface area contributed by atoms with Gasteiger partial charge < -0.3 is 14.4 Å². The molecule has 190 valence electrons. The molecule has 0 saturated heterocycles. The van der Waals surface area contributed by atoms with E-state index in [-0.39, 0.29) is 13.0 Å². The molecule has 0 saturated carbocycles. The molecule has 1 amide bonds. The molecule has 0 spiro atoms. The van der Waals surface area contributed by atoms with Crippen molar-refractivity contribution in [3.63, 3.8) is 0 Å². The molecule has 9 heteroatoms. The number of benzene rings is 3. The number of amides is 1. The Kier molecular flexibility index (Phi) is 8.53. The average Bonchev–Trinajstić information content (AvgIpc) is 3.25. The minimum Gasteiger partial charge on any atom is -0.481 e. The number of carboxylic acids is 1. The van der Waals surface area contributed by atoms with E-state index in [1.54, 1.807) is 49.9 Å². The molecule has 0 aliphatic carbocycles. The van der Waals surface area contributed by atoms with Gasteiger partial charge in [0, 0.05) is 16.2 Å². The SMILES string of the molecule is CCOC(=O)N(c1ccccc1Cl)c1c(C)noc1-c1ccc(CSc2cccc(CC(=O)O)c2)cc1. The molecule has 3 aromatic carbocycles. The second-order valence-electron chi connectivity index (χ2n) is 8.13. The summed E-state index contributed by atoms with van der Waals surface area (Å²) in [7, 11) is 0. The molecule has 0 bridgehead atoms. The van der Waals surface area contributed by atoms with E-state index in [1.165, 1.54) is 4.90 Å². The van der Waals surface area contributed by atoms with Gasteiger partial charge in [-0.2, -0.15) is 0 Å². The highest BCUT2D eigenvalue weighted by molar-refractivity contribution is 7.98. The number of hydrogen-bond donors (Lipinski definition) is 1. The van der Waals surface area contributed by atoms with Gasteiger partial charge >= 0.3 is 12.1 Å². The van der Waals surface area contributed by atoms with Crippen molar-refractivity contribution < 1.29 is 24.0 Å². The maximum Gasteiger partial charge on any atom is 0.419 e. The maximum atomic E-state index is 13.0. The van der Waals surface area contributed by atoms with Gasteiger partial charge in [0.15, 0.2) is 5.76 Å². The van der Waals surface area contributed by atoms with E-state index >= 15 is 0 Å². The van der Waals surface area contributed by atoms with E-state index in [0.717, 1.165) is 21.6 Å². The molecule has 4 rings (SSSR count). The van der Waals surface area contributed by atoms with Gasteiger partial charge in [0.25, 0.3) is 0 Å². The van der Waals surface area contributed by atoms with E-state index in [2.05, 4.69) is 5.16 Å². The Morgan fingerprint density at radius 1 is 1.05 bits per heavy atom. The van der Waals surface area contributed by atoms with Gasteiger partial charge in [-0.1, -0.05) is 65.3 Å². The number of para-hydroxylation sites is 1. The molecule has 0 aliphatic heterocycles. The van der Waals surface area contributed by atoms with Crippen LogP contribution in [-0.2, 0) is 21.7 Å². The fraction of sp³-hybridized carbons (Fsp3) is 0.179. The van der Waals surface area contributed by atoms with E-state index < -0.39 is 12.1 Å². The molecule has 1 aromatic heterocycles. The number of aryl methyl sites for hydroxylation is 1. The fourth-order valence-electron chi connectivity index (χ4n) is 3.79. The monoisotopic (exact) mass is 536 g/mol. The Morgan fingerprint density at radius 2 is 1.81 bits per heavy atom. The molecule has 0 aliphatic rings. The van der Waals surface area contributed by atoms with Gasteiger partial charge in [-0.05, 0) is 49.2 Å². The standard InChI is InChI=1S/C28H25ClN2O5S/c1-3-35-28(34)31(24-10-5-4-9-23(24)29)26-18(2)30-36-27(26)21-13-11-19(12-14-21)17-37-22-8-6-7-20(15-22)16-25(32)33/h4-15H,3,16-17H2,1-2H3,(H,32,33). The van der Waals surface area contributed by atoms with E-state index in [4.69, 9.17) is 26.0 Å². The Hall–Kier alpha value is -3.75. The third-order valence-electron chi connectivity index (χ3n) is 5.47. The van der Waals surface area contributed by atoms with Crippen molar-refractivity contribution in [3.05, 3.63) is 94.6 Å². The molecule has 0 radical (unpaired) electrons. The quantitative estimate of drug-likeness (QED) is 0.221.